The molecule has 0 amide bonds. The summed E-state index contributed by atoms with van der Waals surface area (Å²) in [5, 5.41) is 9.10. The fourth-order valence-electron chi connectivity index (χ4n) is 0.730. The Bertz CT molecular complexity index is 120. The second kappa shape index (κ2) is 15.4. The third-order valence-electron chi connectivity index (χ3n) is 1.70. The largest absolute Gasteiger partial charge is 0.495 e. The molecule has 0 aliphatic carbocycles. The van der Waals surface area contributed by atoms with Gasteiger partial charge in [-0.2, -0.15) is 6.42 Å². The van der Waals surface area contributed by atoms with Crippen LogP contribution in [0.25, 0.3) is 0 Å². The van der Waals surface area contributed by atoms with Crippen molar-refractivity contribution in [2.24, 2.45) is 0 Å². The molecule has 0 aromatic rings. The summed E-state index contributed by atoms with van der Waals surface area (Å²) in [6.07, 6.45) is 3.98. The van der Waals surface area contributed by atoms with Gasteiger partial charge in [0.05, 0.1) is 0 Å². The molecule has 0 spiro atoms. The van der Waals surface area contributed by atoms with Crippen LogP contribution in [0.5, 0.6) is 0 Å². The molecule has 0 heterocycles. The maximum Gasteiger partial charge on any atom is 0.182 e. The Morgan fingerprint density at radius 1 is 1.29 bits per heavy atom. The summed E-state index contributed by atoms with van der Waals surface area (Å²) in [7, 11) is 0. The van der Waals surface area contributed by atoms with E-state index in [0.29, 0.717) is 5.88 Å². The molecule has 1 N–H and O–H groups in total. The number of hydrogen-bond acceptors (Lipinski definition) is 2. The minimum absolute atomic E-state index is 0. The van der Waals surface area contributed by atoms with Crippen LogP contribution in [-0.2, 0) is 19.5 Å². The average Bonchev–Trinajstić information content (AvgIpc) is 2.19. The zero-order chi connectivity index (χ0) is 10.7. The van der Waals surface area contributed by atoms with E-state index in [0.717, 1.165) is 19.5 Å². The Morgan fingerprint density at radius 2 is 1.64 bits per heavy atom. The Morgan fingerprint density at radius 3 is 1.71 bits per heavy atom. The van der Waals surface area contributed by atoms with E-state index in [-0.39, 0.29) is 19.5 Å². The minimum atomic E-state index is 0. The molecule has 0 aromatic heterocycles. The van der Waals surface area contributed by atoms with Crippen molar-refractivity contribution in [1.82, 2.24) is 4.90 Å². The van der Waals surface area contributed by atoms with Crippen molar-refractivity contribution in [3.05, 3.63) is 18.9 Å². The molecule has 0 unspecified atom stereocenters. The monoisotopic (exact) mass is 250 g/mol. The molecule has 0 rings (SSSR count). The van der Waals surface area contributed by atoms with E-state index >= 15 is 0 Å². The molecule has 0 aliphatic heterocycles. The van der Waals surface area contributed by atoms with Gasteiger partial charge >= 0.3 is 0 Å². The van der Waals surface area contributed by atoms with Gasteiger partial charge in [-0.15, -0.1) is 0 Å². The van der Waals surface area contributed by atoms with Gasteiger partial charge in [-0.25, -0.2) is 0 Å². The number of hydrogen-bond donors (Lipinski definition) is 1. The van der Waals surface area contributed by atoms with E-state index in [1.807, 2.05) is 25.7 Å². The van der Waals surface area contributed by atoms with Crippen molar-refractivity contribution in [2.45, 2.75) is 40.5 Å². The normalized spacial score (nSPS) is 9.64. The van der Waals surface area contributed by atoms with E-state index in [9.17, 15) is 0 Å². The summed E-state index contributed by atoms with van der Waals surface area (Å²) in [4.78, 5) is 1.89. The van der Waals surface area contributed by atoms with Crippen LogP contribution in [0.3, 0.4) is 0 Å². The maximum atomic E-state index is 9.10. The summed E-state index contributed by atoms with van der Waals surface area (Å²) >= 11 is 0. The van der Waals surface area contributed by atoms with Crippen molar-refractivity contribution < 1.29 is 24.6 Å². The summed E-state index contributed by atoms with van der Waals surface area (Å²) in [6, 6.07) is 0. The first kappa shape index (κ1) is 19.5. The quantitative estimate of drug-likeness (QED) is 0.470. The molecular formula is C11H24NOZn-. The minimum Gasteiger partial charge on any atom is -0.495 e. The summed E-state index contributed by atoms with van der Waals surface area (Å²) in [5.74, 6) is 0.375. The van der Waals surface area contributed by atoms with E-state index < -0.39 is 0 Å². The van der Waals surface area contributed by atoms with Crippen molar-refractivity contribution in [1.29, 1.82) is 0 Å². The second-order valence-electron chi connectivity index (χ2n) is 2.67. The van der Waals surface area contributed by atoms with Gasteiger partial charge in [0, 0.05) is 32.6 Å². The second-order valence-corrected chi connectivity index (χ2v) is 2.67. The fraction of sp³-hybridized carbons (Fsp3) is 0.727. The molecule has 0 saturated heterocycles. The van der Waals surface area contributed by atoms with Gasteiger partial charge in [-0.05, 0) is 26.8 Å². The van der Waals surface area contributed by atoms with Crippen molar-refractivity contribution >= 4 is 0 Å². The molecule has 3 heteroatoms. The molecule has 14 heavy (non-hydrogen) atoms. The number of aliphatic hydroxyl groups excluding tert-OH is 1. The maximum absolute atomic E-state index is 9.10. The van der Waals surface area contributed by atoms with Gasteiger partial charge in [-0.3, -0.25) is 0 Å². The van der Waals surface area contributed by atoms with E-state index in [4.69, 9.17) is 5.11 Å². The zero-order valence-electron chi connectivity index (χ0n) is 10.2. The number of rotatable bonds is 4. The third kappa shape index (κ3) is 12.0. The molecule has 0 saturated carbocycles. The van der Waals surface area contributed by atoms with Crippen LogP contribution in [0.2, 0.25) is 0 Å². The Hall–Kier alpha value is -0.0366. The number of allylic oxidation sites excluding steroid dienone is 1. The van der Waals surface area contributed by atoms with Crippen molar-refractivity contribution in [3.63, 3.8) is 0 Å². The van der Waals surface area contributed by atoms with Crippen LogP contribution < -0.4 is 0 Å². The molecule has 0 radical (unpaired) electrons. The predicted molar refractivity (Wildman–Crippen MR) is 59.6 cm³/mol. The van der Waals surface area contributed by atoms with Gasteiger partial charge in [0.2, 0.25) is 0 Å². The zero-order valence-corrected chi connectivity index (χ0v) is 13.2. The van der Waals surface area contributed by atoms with Crippen LogP contribution in [0, 0.1) is 6.92 Å². The van der Waals surface area contributed by atoms with Crippen LogP contribution in [0.4, 0.5) is 0 Å². The molecule has 0 aromatic carbocycles. The fourth-order valence-corrected chi connectivity index (χ4v) is 0.730. The topological polar surface area (TPSA) is 23.5 Å². The van der Waals surface area contributed by atoms with Crippen molar-refractivity contribution in [2.75, 3.05) is 13.1 Å². The first-order chi connectivity index (χ1) is 6.17. The average molecular weight is 252 g/mol. The smallest absolute Gasteiger partial charge is 0.182 e. The predicted octanol–water partition coefficient (Wildman–Crippen LogP) is 3.37. The molecule has 0 atom stereocenters. The molecule has 0 fully saturated rings. The van der Waals surface area contributed by atoms with E-state index in [1.165, 1.54) is 6.42 Å². The number of aliphatic hydroxyl groups is 1. The first-order valence-corrected chi connectivity index (χ1v) is 5.07. The molecular weight excluding hydrogens is 228 g/mol. The summed E-state index contributed by atoms with van der Waals surface area (Å²) in [5.41, 5.74) is 0. The summed E-state index contributed by atoms with van der Waals surface area (Å²) in [6.45, 7) is 13.3. The number of unbranched alkanes of at least 4 members (excludes halogenated alkanes) is 1. The van der Waals surface area contributed by atoms with Crippen LogP contribution >= 0.6 is 0 Å². The Labute approximate surface area is 102 Å². The van der Waals surface area contributed by atoms with Crippen molar-refractivity contribution in [3.8, 4) is 0 Å². The van der Waals surface area contributed by atoms with E-state index in [2.05, 4.69) is 13.8 Å². The van der Waals surface area contributed by atoms with Crippen LogP contribution in [0.15, 0.2) is 12.0 Å². The van der Waals surface area contributed by atoms with E-state index in [1.54, 1.807) is 6.08 Å². The Kier molecular flexibility index (Phi) is 21.5. The SMILES string of the molecule is C/C=C(/O)N(CC)CC.[CH2-]CCC.[Zn]. The Balaban J connectivity index is -0.000000209. The summed E-state index contributed by atoms with van der Waals surface area (Å²) < 4.78 is 0. The van der Waals surface area contributed by atoms with Gasteiger partial charge in [-0.1, -0.05) is 13.3 Å². The van der Waals surface area contributed by atoms with Gasteiger partial charge in [0.1, 0.15) is 0 Å². The van der Waals surface area contributed by atoms with Gasteiger partial charge < -0.3 is 16.9 Å². The molecule has 0 aliphatic rings. The molecule has 0 bridgehead atoms. The standard InChI is InChI=1S/C7H15NO.C4H9.Zn/c1-4-7(9)8(5-2)6-3;1-3-4-2;/h4,9H,5-6H2,1-3H3;1,3-4H2,2H3;/q;-1;/b7-4+;;. The third-order valence-corrected chi connectivity index (χ3v) is 1.70. The van der Waals surface area contributed by atoms with Crippen LogP contribution in [-0.4, -0.2) is 23.1 Å². The molecule has 2 nitrogen and oxygen atoms in total. The van der Waals surface area contributed by atoms with Gasteiger partial charge in [0.15, 0.2) is 5.88 Å². The van der Waals surface area contributed by atoms with Crippen LogP contribution in [0.1, 0.15) is 40.5 Å². The first-order valence-electron chi connectivity index (χ1n) is 5.07. The van der Waals surface area contributed by atoms with Gasteiger partial charge in [0.25, 0.3) is 0 Å². The number of nitrogens with zero attached hydrogens (tertiary/aromatic N) is 1. The molecule has 82 valence electrons.